The Morgan fingerprint density at radius 1 is 1.28 bits per heavy atom. The number of benzene rings is 1. The zero-order chi connectivity index (χ0) is 22.4. The maximum absolute atomic E-state index is 14.5. The van der Waals surface area contributed by atoms with Gasteiger partial charge >= 0.3 is 0 Å². The fourth-order valence-corrected chi connectivity index (χ4v) is 4.28. The molecule has 8 heteroatoms. The summed E-state index contributed by atoms with van der Waals surface area (Å²) < 4.78 is 20.8. The summed E-state index contributed by atoms with van der Waals surface area (Å²) in [4.78, 5) is 21.7. The third-order valence-electron chi connectivity index (χ3n) is 5.63. The largest absolute Gasteiger partial charge is 0.455 e. The van der Waals surface area contributed by atoms with Crippen LogP contribution in [0, 0.1) is 17.1 Å². The number of fused-ring (bicyclic) bond motifs is 4. The van der Waals surface area contributed by atoms with E-state index in [-0.39, 0.29) is 21.7 Å². The van der Waals surface area contributed by atoms with Crippen LogP contribution in [0.1, 0.15) is 35.5 Å². The lowest BCUT2D eigenvalue weighted by atomic mass is 9.92. The topological polar surface area (TPSA) is 91.8 Å². The Bertz CT molecular complexity index is 1490. The molecule has 0 bridgehead atoms. The molecule has 1 N–H and O–H groups in total. The number of nitriles is 1. The van der Waals surface area contributed by atoms with E-state index in [9.17, 15) is 14.4 Å². The molecule has 4 aromatic rings. The first-order valence-corrected chi connectivity index (χ1v) is 10.4. The maximum Gasteiger partial charge on any atom is 0.196 e. The van der Waals surface area contributed by atoms with E-state index in [4.69, 9.17) is 16.0 Å². The second-order valence-corrected chi connectivity index (χ2v) is 8.00. The summed E-state index contributed by atoms with van der Waals surface area (Å²) in [6.07, 6.45) is 2.82. The Balaban J connectivity index is 1.69. The van der Waals surface area contributed by atoms with Crippen LogP contribution in [-0.4, -0.2) is 9.97 Å². The number of aryl methyl sites for hydroxylation is 1. The number of aromatic nitrogens is 2. The van der Waals surface area contributed by atoms with E-state index in [0.717, 1.165) is 11.3 Å². The average Bonchev–Trinajstić information content (AvgIpc) is 2.80. The van der Waals surface area contributed by atoms with Crippen LogP contribution >= 0.6 is 11.6 Å². The summed E-state index contributed by atoms with van der Waals surface area (Å²) in [5.74, 6) is -0.0659. The van der Waals surface area contributed by atoms with Crippen LogP contribution in [0.15, 0.2) is 51.8 Å². The van der Waals surface area contributed by atoms with Gasteiger partial charge in [0.25, 0.3) is 0 Å². The van der Waals surface area contributed by atoms with E-state index >= 15 is 0 Å². The van der Waals surface area contributed by atoms with Crippen molar-refractivity contribution in [2.45, 2.75) is 25.8 Å². The van der Waals surface area contributed by atoms with Gasteiger partial charge in [0.15, 0.2) is 11.1 Å². The van der Waals surface area contributed by atoms with Crippen LogP contribution in [0.3, 0.4) is 0 Å². The van der Waals surface area contributed by atoms with E-state index in [1.165, 1.54) is 12.1 Å². The summed E-state index contributed by atoms with van der Waals surface area (Å²) >= 11 is 5.88. The van der Waals surface area contributed by atoms with Crippen molar-refractivity contribution in [1.82, 2.24) is 9.97 Å². The van der Waals surface area contributed by atoms with Gasteiger partial charge in [-0.25, -0.2) is 9.37 Å². The summed E-state index contributed by atoms with van der Waals surface area (Å²) in [6.45, 7) is 1.79. The zero-order valence-electron chi connectivity index (χ0n) is 16.9. The van der Waals surface area contributed by atoms with Crippen LogP contribution in [0.25, 0.3) is 22.3 Å². The summed E-state index contributed by atoms with van der Waals surface area (Å²) in [7, 11) is 0. The molecule has 0 saturated heterocycles. The minimum absolute atomic E-state index is 0.115. The third-order valence-corrected chi connectivity index (χ3v) is 5.84. The molecule has 0 spiro atoms. The molecule has 0 unspecified atom stereocenters. The van der Waals surface area contributed by atoms with E-state index in [1.807, 2.05) is 12.1 Å². The molecule has 0 amide bonds. The number of hydrogen-bond acceptors (Lipinski definition) is 6. The van der Waals surface area contributed by atoms with E-state index in [1.54, 1.807) is 31.3 Å². The normalized spacial score (nSPS) is 13.2. The lowest BCUT2D eigenvalue weighted by Gasteiger charge is -2.21. The maximum atomic E-state index is 14.5. The Morgan fingerprint density at radius 3 is 2.94 bits per heavy atom. The molecule has 158 valence electrons. The minimum atomic E-state index is -0.541. The molecule has 0 fully saturated rings. The van der Waals surface area contributed by atoms with Gasteiger partial charge in [-0.15, -0.1) is 0 Å². The molecular formula is C24H16ClFN4O2. The zero-order valence-corrected chi connectivity index (χ0v) is 17.7. The molecule has 6 nitrogen and oxygen atoms in total. The fraction of sp³-hybridized carbons (Fsp3) is 0.167. The number of nitrogens with zero attached hydrogens (tertiary/aromatic N) is 3. The van der Waals surface area contributed by atoms with Crippen molar-refractivity contribution in [1.29, 1.82) is 5.26 Å². The van der Waals surface area contributed by atoms with E-state index in [2.05, 4.69) is 15.3 Å². The monoisotopic (exact) mass is 446 g/mol. The smallest absolute Gasteiger partial charge is 0.196 e. The fourth-order valence-electron chi connectivity index (χ4n) is 4.13. The van der Waals surface area contributed by atoms with Gasteiger partial charge in [-0.3, -0.25) is 9.78 Å². The molecule has 1 atom stereocenters. The highest BCUT2D eigenvalue weighted by Gasteiger charge is 2.26. The van der Waals surface area contributed by atoms with E-state index in [0.29, 0.717) is 41.0 Å². The second kappa shape index (κ2) is 7.74. The number of pyridine rings is 2. The summed E-state index contributed by atoms with van der Waals surface area (Å²) in [6, 6.07) is 10.9. The van der Waals surface area contributed by atoms with Gasteiger partial charge < -0.3 is 9.73 Å². The molecule has 1 aliphatic carbocycles. The lowest BCUT2D eigenvalue weighted by Crippen LogP contribution is -2.18. The van der Waals surface area contributed by atoms with Crippen LogP contribution in [0.2, 0.25) is 5.15 Å². The molecule has 1 aromatic carbocycles. The SMILES string of the molecule is C[C@@H](Nc1ccc(Cl)nc1C#N)c1cc(F)cc2c(=O)c3c(oc12)-c1cccnc1CC3. The highest BCUT2D eigenvalue weighted by Crippen LogP contribution is 2.36. The van der Waals surface area contributed by atoms with Crippen LogP contribution in [0.5, 0.6) is 0 Å². The quantitative estimate of drug-likeness (QED) is 0.435. The molecule has 0 radical (unpaired) electrons. The molecule has 0 saturated carbocycles. The number of nitrogens with one attached hydrogen (secondary N) is 1. The first-order chi connectivity index (χ1) is 15.5. The van der Waals surface area contributed by atoms with Gasteiger partial charge in [0.05, 0.1) is 22.8 Å². The molecule has 3 aromatic heterocycles. The van der Waals surface area contributed by atoms with Gasteiger partial charge in [0.1, 0.15) is 28.4 Å². The summed E-state index contributed by atoms with van der Waals surface area (Å²) in [5, 5.41) is 12.9. The number of anilines is 1. The van der Waals surface area contributed by atoms with Gasteiger partial charge in [-0.1, -0.05) is 11.6 Å². The highest BCUT2D eigenvalue weighted by molar-refractivity contribution is 6.29. The standard InChI is InChI=1S/C24H16ClFN4O2/c1-12(29-19-6-7-21(25)30-20(19)11-27)16-9-13(26)10-17-22(31)15-4-5-18-14(3-2-8-28-18)23(15)32-24(16)17/h2-3,6-10,12,29H,4-5H2,1H3/t12-/m1/s1. The first kappa shape index (κ1) is 20.2. The van der Waals surface area contributed by atoms with Crippen molar-refractivity contribution in [2.24, 2.45) is 0 Å². The van der Waals surface area contributed by atoms with Crippen molar-refractivity contribution in [3.8, 4) is 17.4 Å². The van der Waals surface area contributed by atoms with Crippen LogP contribution in [-0.2, 0) is 12.8 Å². The van der Waals surface area contributed by atoms with Gasteiger partial charge in [-0.05, 0) is 56.2 Å². The Kier molecular flexibility index (Phi) is 4.87. The van der Waals surface area contributed by atoms with Crippen molar-refractivity contribution in [3.05, 3.63) is 86.3 Å². The van der Waals surface area contributed by atoms with Crippen LogP contribution < -0.4 is 10.7 Å². The first-order valence-electron chi connectivity index (χ1n) is 10.0. The lowest BCUT2D eigenvalue weighted by molar-refractivity contribution is 0.585. The number of rotatable bonds is 3. The van der Waals surface area contributed by atoms with Gasteiger partial charge in [0.2, 0.25) is 0 Å². The Hall–Kier alpha value is -3.76. The predicted molar refractivity (Wildman–Crippen MR) is 119 cm³/mol. The minimum Gasteiger partial charge on any atom is -0.455 e. The molecule has 3 heterocycles. The third kappa shape index (κ3) is 3.29. The van der Waals surface area contributed by atoms with Crippen molar-refractivity contribution in [2.75, 3.05) is 5.32 Å². The van der Waals surface area contributed by atoms with Gasteiger partial charge in [-0.2, -0.15) is 5.26 Å². The Morgan fingerprint density at radius 2 is 2.12 bits per heavy atom. The summed E-state index contributed by atoms with van der Waals surface area (Å²) in [5.41, 5.74) is 3.24. The van der Waals surface area contributed by atoms with Crippen molar-refractivity contribution in [3.63, 3.8) is 0 Å². The molecule has 1 aliphatic rings. The highest BCUT2D eigenvalue weighted by atomic mass is 35.5. The number of halogens is 2. The van der Waals surface area contributed by atoms with Crippen LogP contribution in [0.4, 0.5) is 10.1 Å². The predicted octanol–water partition coefficient (Wildman–Crippen LogP) is 5.19. The number of hydrogen-bond donors (Lipinski definition) is 1. The molecule has 32 heavy (non-hydrogen) atoms. The molecule has 5 rings (SSSR count). The van der Waals surface area contributed by atoms with Crippen molar-refractivity contribution < 1.29 is 8.81 Å². The Labute approximate surface area is 187 Å². The van der Waals surface area contributed by atoms with Gasteiger partial charge in [0, 0.05) is 22.9 Å². The van der Waals surface area contributed by atoms with E-state index < -0.39 is 11.9 Å². The molecular weight excluding hydrogens is 431 g/mol. The average molecular weight is 447 g/mol. The van der Waals surface area contributed by atoms with Crippen molar-refractivity contribution >= 4 is 28.3 Å². The molecule has 0 aliphatic heterocycles. The second-order valence-electron chi connectivity index (χ2n) is 7.62.